The summed E-state index contributed by atoms with van der Waals surface area (Å²) in [4.78, 5) is 23.5. The number of carboxylic acids is 1. The van der Waals surface area contributed by atoms with Gasteiger partial charge in [-0.1, -0.05) is 18.2 Å². The minimum atomic E-state index is -0.724. The number of aryl methyl sites for hydroxylation is 2. The third kappa shape index (κ3) is 2.86. The van der Waals surface area contributed by atoms with Crippen molar-refractivity contribution in [2.24, 2.45) is 11.8 Å². The van der Waals surface area contributed by atoms with E-state index in [0.717, 1.165) is 16.7 Å². The van der Waals surface area contributed by atoms with Gasteiger partial charge in [0, 0.05) is 11.5 Å². The van der Waals surface area contributed by atoms with Crippen LogP contribution in [0.2, 0.25) is 0 Å². The summed E-state index contributed by atoms with van der Waals surface area (Å²) in [5.41, 5.74) is 2.87. The quantitative estimate of drug-likeness (QED) is 0.848. The molecule has 1 N–H and O–H groups in total. The highest BCUT2D eigenvalue weighted by atomic mass is 16.4. The standard InChI is InChI=1S/C16H20O3/c1-10-4-3-5-11(2)14(10)15(17)12-6-8-13(9-7-12)16(18)19/h3-5,12-13H,6-9H2,1-2H3,(H,18,19). The zero-order valence-corrected chi connectivity index (χ0v) is 11.5. The van der Waals surface area contributed by atoms with Crippen LogP contribution in [-0.4, -0.2) is 16.9 Å². The molecule has 1 aliphatic rings. The minimum absolute atomic E-state index is 0.00426. The molecule has 1 aromatic carbocycles. The van der Waals surface area contributed by atoms with Crippen LogP contribution in [0.3, 0.4) is 0 Å². The summed E-state index contributed by atoms with van der Waals surface area (Å²) in [6.45, 7) is 3.92. The molecule has 0 saturated heterocycles. The summed E-state index contributed by atoms with van der Waals surface area (Å²) >= 11 is 0. The lowest BCUT2D eigenvalue weighted by Crippen LogP contribution is -2.26. The molecule has 1 saturated carbocycles. The van der Waals surface area contributed by atoms with Crippen LogP contribution in [0.5, 0.6) is 0 Å². The molecule has 2 rings (SSSR count). The lowest BCUT2D eigenvalue weighted by Gasteiger charge is -2.26. The average molecular weight is 260 g/mol. The maximum absolute atomic E-state index is 12.6. The molecule has 102 valence electrons. The molecule has 0 aliphatic heterocycles. The van der Waals surface area contributed by atoms with E-state index >= 15 is 0 Å². The molecule has 1 aromatic rings. The van der Waals surface area contributed by atoms with Crippen LogP contribution in [0.15, 0.2) is 18.2 Å². The predicted octanol–water partition coefficient (Wildman–Crippen LogP) is 3.38. The van der Waals surface area contributed by atoms with E-state index in [1.807, 2.05) is 32.0 Å². The Balaban J connectivity index is 2.12. The first kappa shape index (κ1) is 13.8. The van der Waals surface area contributed by atoms with Gasteiger partial charge >= 0.3 is 5.97 Å². The van der Waals surface area contributed by atoms with Crippen molar-refractivity contribution in [2.75, 3.05) is 0 Å². The molecular formula is C16H20O3. The van der Waals surface area contributed by atoms with Gasteiger partial charge in [0.25, 0.3) is 0 Å². The van der Waals surface area contributed by atoms with Crippen LogP contribution >= 0.6 is 0 Å². The number of aliphatic carboxylic acids is 1. The Hall–Kier alpha value is -1.64. The molecule has 0 amide bonds. The van der Waals surface area contributed by atoms with E-state index in [2.05, 4.69) is 0 Å². The molecule has 1 aliphatic carbocycles. The molecule has 19 heavy (non-hydrogen) atoms. The summed E-state index contributed by atoms with van der Waals surface area (Å²) in [5, 5.41) is 8.98. The molecule has 0 heterocycles. The lowest BCUT2D eigenvalue weighted by atomic mass is 9.77. The molecule has 3 nitrogen and oxygen atoms in total. The lowest BCUT2D eigenvalue weighted by molar-refractivity contribution is -0.143. The van der Waals surface area contributed by atoms with Crippen LogP contribution < -0.4 is 0 Å². The fraction of sp³-hybridized carbons (Fsp3) is 0.500. The van der Waals surface area contributed by atoms with Gasteiger partial charge in [-0.25, -0.2) is 0 Å². The first-order valence-electron chi connectivity index (χ1n) is 6.84. The van der Waals surface area contributed by atoms with Gasteiger partial charge in [-0.05, 0) is 50.7 Å². The van der Waals surface area contributed by atoms with Crippen molar-refractivity contribution in [1.29, 1.82) is 0 Å². The first-order chi connectivity index (χ1) is 9.00. The van der Waals surface area contributed by atoms with E-state index < -0.39 is 5.97 Å². The van der Waals surface area contributed by atoms with Crippen molar-refractivity contribution in [3.05, 3.63) is 34.9 Å². The summed E-state index contributed by atoms with van der Waals surface area (Å²) in [6, 6.07) is 5.88. The molecule has 0 unspecified atom stereocenters. The summed E-state index contributed by atoms with van der Waals surface area (Å²) in [6.07, 6.45) is 2.64. The second-order valence-corrected chi connectivity index (χ2v) is 5.52. The number of rotatable bonds is 3. The largest absolute Gasteiger partial charge is 0.481 e. The van der Waals surface area contributed by atoms with E-state index in [9.17, 15) is 9.59 Å². The summed E-state index contributed by atoms with van der Waals surface area (Å²) < 4.78 is 0. The number of ketones is 1. The molecule has 0 spiro atoms. The molecule has 1 fully saturated rings. The Morgan fingerprint density at radius 3 is 1.95 bits per heavy atom. The van der Waals surface area contributed by atoms with Gasteiger partial charge in [0.1, 0.15) is 0 Å². The SMILES string of the molecule is Cc1cccc(C)c1C(=O)C1CCC(C(=O)O)CC1. The van der Waals surface area contributed by atoms with E-state index in [-0.39, 0.29) is 17.6 Å². The fourth-order valence-corrected chi connectivity index (χ4v) is 3.01. The summed E-state index contributed by atoms with van der Waals surface area (Å²) in [5.74, 6) is -0.796. The van der Waals surface area contributed by atoms with E-state index in [4.69, 9.17) is 5.11 Å². The maximum atomic E-state index is 12.6. The number of carboxylic acid groups (broad SMARTS) is 1. The van der Waals surface area contributed by atoms with E-state index in [1.165, 1.54) is 0 Å². The zero-order valence-electron chi connectivity index (χ0n) is 11.5. The number of Topliss-reactive ketones (excluding diaryl/α,β-unsaturated/α-hetero) is 1. The van der Waals surface area contributed by atoms with Gasteiger partial charge in [-0.3, -0.25) is 9.59 Å². The van der Waals surface area contributed by atoms with Crippen molar-refractivity contribution in [3.8, 4) is 0 Å². The van der Waals surface area contributed by atoms with Crippen molar-refractivity contribution >= 4 is 11.8 Å². The van der Waals surface area contributed by atoms with Crippen molar-refractivity contribution in [3.63, 3.8) is 0 Å². The van der Waals surface area contributed by atoms with Gasteiger partial charge in [-0.15, -0.1) is 0 Å². The Bertz CT molecular complexity index is 476. The number of carbonyl (C=O) groups is 2. The van der Waals surface area contributed by atoms with E-state index in [0.29, 0.717) is 25.7 Å². The monoisotopic (exact) mass is 260 g/mol. The molecule has 0 aromatic heterocycles. The Morgan fingerprint density at radius 2 is 1.47 bits per heavy atom. The second kappa shape index (κ2) is 5.55. The topological polar surface area (TPSA) is 54.4 Å². The zero-order chi connectivity index (χ0) is 14.0. The van der Waals surface area contributed by atoms with Crippen LogP contribution in [0, 0.1) is 25.7 Å². The highest BCUT2D eigenvalue weighted by Crippen LogP contribution is 2.32. The first-order valence-corrected chi connectivity index (χ1v) is 6.84. The maximum Gasteiger partial charge on any atom is 0.306 e. The van der Waals surface area contributed by atoms with Gasteiger partial charge in [-0.2, -0.15) is 0 Å². The molecular weight excluding hydrogens is 240 g/mol. The van der Waals surface area contributed by atoms with Crippen LogP contribution in [0.4, 0.5) is 0 Å². The van der Waals surface area contributed by atoms with Gasteiger partial charge < -0.3 is 5.11 Å². The Labute approximate surface area is 113 Å². The number of carbonyl (C=O) groups excluding carboxylic acids is 1. The highest BCUT2D eigenvalue weighted by Gasteiger charge is 2.31. The van der Waals surface area contributed by atoms with Crippen LogP contribution in [-0.2, 0) is 4.79 Å². The van der Waals surface area contributed by atoms with Crippen LogP contribution in [0.1, 0.15) is 47.2 Å². The number of hydrogen-bond acceptors (Lipinski definition) is 2. The minimum Gasteiger partial charge on any atom is -0.481 e. The Morgan fingerprint density at radius 1 is 1.00 bits per heavy atom. The number of benzene rings is 1. The average Bonchev–Trinajstić information content (AvgIpc) is 2.38. The van der Waals surface area contributed by atoms with Gasteiger partial charge in [0.2, 0.25) is 0 Å². The van der Waals surface area contributed by atoms with E-state index in [1.54, 1.807) is 0 Å². The van der Waals surface area contributed by atoms with Crippen molar-refractivity contribution in [2.45, 2.75) is 39.5 Å². The fourth-order valence-electron chi connectivity index (χ4n) is 3.01. The van der Waals surface area contributed by atoms with Crippen LogP contribution in [0.25, 0.3) is 0 Å². The molecule has 0 radical (unpaired) electrons. The molecule has 0 bridgehead atoms. The smallest absolute Gasteiger partial charge is 0.306 e. The normalized spacial score (nSPS) is 23.1. The highest BCUT2D eigenvalue weighted by molar-refractivity contribution is 6.00. The third-order valence-electron chi connectivity index (χ3n) is 4.17. The van der Waals surface area contributed by atoms with Crippen molar-refractivity contribution < 1.29 is 14.7 Å². The van der Waals surface area contributed by atoms with Gasteiger partial charge in [0.05, 0.1) is 5.92 Å². The molecule has 3 heteroatoms. The summed E-state index contributed by atoms with van der Waals surface area (Å²) in [7, 11) is 0. The predicted molar refractivity (Wildman–Crippen MR) is 73.3 cm³/mol. The van der Waals surface area contributed by atoms with Gasteiger partial charge in [0.15, 0.2) is 5.78 Å². The number of hydrogen-bond donors (Lipinski definition) is 1. The Kier molecular flexibility index (Phi) is 4.03. The second-order valence-electron chi connectivity index (χ2n) is 5.52. The molecule has 0 atom stereocenters. The van der Waals surface area contributed by atoms with Crippen molar-refractivity contribution in [1.82, 2.24) is 0 Å². The third-order valence-corrected chi connectivity index (χ3v) is 4.17.